The molecule has 1 saturated heterocycles. The number of ether oxygens (including phenoxy) is 3. The summed E-state index contributed by atoms with van der Waals surface area (Å²) < 4.78 is 16.5. The second-order valence-electron chi connectivity index (χ2n) is 12.8. The minimum atomic E-state index is -0.506. The number of hydrogen-bond donors (Lipinski definition) is 1. The molecular weight excluding hydrogens is 684 g/mol. The number of amides is 2. The molecule has 0 aliphatic carbocycles. The van der Waals surface area contributed by atoms with E-state index in [2.05, 4.69) is 20.2 Å². The number of pyridine rings is 1. The monoisotopic (exact) mass is 726 g/mol. The molecule has 14 heteroatoms. The fourth-order valence-electron chi connectivity index (χ4n) is 6.15. The van der Waals surface area contributed by atoms with Gasteiger partial charge in [0.15, 0.2) is 5.78 Å². The molecule has 1 N–H and O–H groups in total. The first-order chi connectivity index (χ1) is 25.1. The molecular formula is C38H43ClN8O5. The number of likely N-dealkylation sites (N-methyl/N-ethyl adjacent to an activating group) is 1. The van der Waals surface area contributed by atoms with Gasteiger partial charge in [-0.05, 0) is 50.4 Å². The number of fused-ring (bicyclic) bond motifs is 1. The topological polar surface area (TPSA) is 125 Å². The first-order valence-electron chi connectivity index (χ1n) is 17.0. The number of urea groups is 1. The number of benzene rings is 2. The van der Waals surface area contributed by atoms with E-state index in [0.29, 0.717) is 54.1 Å². The van der Waals surface area contributed by atoms with Gasteiger partial charge in [-0.15, -0.1) is 0 Å². The third kappa shape index (κ3) is 8.28. The second kappa shape index (κ2) is 16.4. The van der Waals surface area contributed by atoms with Gasteiger partial charge in [0, 0.05) is 49.9 Å². The van der Waals surface area contributed by atoms with Crippen molar-refractivity contribution in [3.63, 3.8) is 0 Å². The highest BCUT2D eigenvalue weighted by atomic mass is 35.5. The summed E-state index contributed by atoms with van der Waals surface area (Å²) in [6.07, 6.45) is 7.20. The van der Waals surface area contributed by atoms with Crippen LogP contribution in [0.4, 0.5) is 33.8 Å². The lowest BCUT2D eigenvalue weighted by atomic mass is 10.00. The van der Waals surface area contributed by atoms with E-state index in [0.717, 1.165) is 29.9 Å². The molecule has 13 nitrogen and oxygen atoms in total. The maximum atomic E-state index is 14.7. The standard InChI is InChI=1S/C38H43ClN8O5/c1-25(27-9-6-8-26(18-27)19-30(48)10-7-13-44(2)3)47-36-28(24-46(38(47)49)32-20-31(50-4)21-33(51-5)35(32)39)22-41-37(43-36)42-34-12-11-29(23-40-34)45-14-16-52-17-15-45/h6-12,18,20-23,25H,13-17,19,24H2,1-5H3,(H,40,41,42,43)/b10-7+. The van der Waals surface area contributed by atoms with Gasteiger partial charge in [-0.3, -0.25) is 14.6 Å². The number of anilines is 5. The Morgan fingerprint density at radius 3 is 2.60 bits per heavy atom. The fraction of sp³-hybridized carbons (Fsp3) is 0.342. The Bertz CT molecular complexity index is 1930. The van der Waals surface area contributed by atoms with Crippen molar-refractivity contribution in [1.29, 1.82) is 0 Å². The number of nitrogens with zero attached hydrogens (tertiary/aromatic N) is 7. The van der Waals surface area contributed by atoms with Gasteiger partial charge < -0.3 is 29.3 Å². The van der Waals surface area contributed by atoms with Crippen molar-refractivity contribution in [2.24, 2.45) is 0 Å². The number of morpholine rings is 1. The van der Waals surface area contributed by atoms with Crippen LogP contribution in [-0.4, -0.2) is 92.8 Å². The van der Waals surface area contributed by atoms with E-state index in [-0.39, 0.29) is 35.8 Å². The third-order valence-corrected chi connectivity index (χ3v) is 9.29. The molecule has 1 atom stereocenters. The van der Waals surface area contributed by atoms with Crippen LogP contribution in [0, 0.1) is 0 Å². The van der Waals surface area contributed by atoms with E-state index < -0.39 is 6.04 Å². The third-order valence-electron chi connectivity index (χ3n) is 8.91. The number of allylic oxidation sites excluding steroid dienone is 1. The smallest absolute Gasteiger partial charge is 0.331 e. The van der Waals surface area contributed by atoms with Gasteiger partial charge in [0.25, 0.3) is 0 Å². The number of nitrogens with one attached hydrogen (secondary N) is 1. The lowest BCUT2D eigenvalue weighted by molar-refractivity contribution is -0.114. The van der Waals surface area contributed by atoms with Crippen molar-refractivity contribution < 1.29 is 23.8 Å². The van der Waals surface area contributed by atoms with E-state index in [1.807, 2.05) is 74.6 Å². The Morgan fingerprint density at radius 1 is 1.08 bits per heavy atom. The molecule has 1 fully saturated rings. The Kier molecular flexibility index (Phi) is 11.5. The lowest BCUT2D eigenvalue weighted by Crippen LogP contribution is -2.49. The average Bonchev–Trinajstić information content (AvgIpc) is 3.15. The predicted octanol–water partition coefficient (Wildman–Crippen LogP) is 6.06. The van der Waals surface area contributed by atoms with E-state index in [9.17, 15) is 9.59 Å². The molecule has 2 aromatic heterocycles. The molecule has 52 heavy (non-hydrogen) atoms. The van der Waals surface area contributed by atoms with Crippen LogP contribution in [0.25, 0.3) is 0 Å². The van der Waals surface area contributed by atoms with Crippen LogP contribution in [-0.2, 0) is 22.5 Å². The van der Waals surface area contributed by atoms with Crippen LogP contribution in [0.15, 0.2) is 73.1 Å². The molecule has 2 aromatic carbocycles. The van der Waals surface area contributed by atoms with Crippen LogP contribution >= 0.6 is 11.6 Å². The Hall–Kier alpha value is -5.24. The van der Waals surface area contributed by atoms with E-state index in [1.165, 1.54) is 14.2 Å². The number of carbonyl (C=O) groups excluding carboxylic acids is 2. The van der Waals surface area contributed by atoms with Gasteiger partial charge in [0.2, 0.25) is 5.95 Å². The fourth-order valence-corrected chi connectivity index (χ4v) is 6.43. The maximum Gasteiger partial charge on any atom is 0.331 e. The number of hydrogen-bond acceptors (Lipinski definition) is 11. The number of halogens is 1. The summed E-state index contributed by atoms with van der Waals surface area (Å²) in [7, 11) is 6.95. The van der Waals surface area contributed by atoms with Crippen molar-refractivity contribution in [1.82, 2.24) is 19.9 Å². The molecule has 0 saturated carbocycles. The van der Waals surface area contributed by atoms with Gasteiger partial charge in [0.05, 0.1) is 57.6 Å². The summed E-state index contributed by atoms with van der Waals surface area (Å²) >= 11 is 6.82. The summed E-state index contributed by atoms with van der Waals surface area (Å²) in [6, 6.07) is 14.1. The Balaban J connectivity index is 1.34. The predicted molar refractivity (Wildman–Crippen MR) is 202 cm³/mol. The van der Waals surface area contributed by atoms with Gasteiger partial charge in [0.1, 0.15) is 28.2 Å². The molecule has 0 spiro atoms. The summed E-state index contributed by atoms with van der Waals surface area (Å²) in [4.78, 5) is 48.9. The highest BCUT2D eigenvalue weighted by Crippen LogP contribution is 2.43. The highest BCUT2D eigenvalue weighted by molar-refractivity contribution is 6.35. The second-order valence-corrected chi connectivity index (χ2v) is 13.2. The van der Waals surface area contributed by atoms with Gasteiger partial charge in [-0.1, -0.05) is 41.9 Å². The van der Waals surface area contributed by atoms with Gasteiger partial charge in [-0.2, -0.15) is 4.98 Å². The zero-order valence-electron chi connectivity index (χ0n) is 30.0. The lowest BCUT2D eigenvalue weighted by Gasteiger charge is -2.39. The molecule has 6 rings (SSSR count). The Morgan fingerprint density at radius 2 is 1.88 bits per heavy atom. The highest BCUT2D eigenvalue weighted by Gasteiger charge is 2.38. The number of aromatic nitrogens is 3. The Labute approximate surface area is 308 Å². The molecule has 1 unspecified atom stereocenters. The van der Waals surface area contributed by atoms with Crippen LogP contribution in [0.1, 0.15) is 29.7 Å². The van der Waals surface area contributed by atoms with Crippen LogP contribution < -0.4 is 29.5 Å². The van der Waals surface area contributed by atoms with Crippen molar-refractivity contribution in [3.05, 3.63) is 94.8 Å². The van der Waals surface area contributed by atoms with Gasteiger partial charge in [-0.25, -0.2) is 14.8 Å². The van der Waals surface area contributed by atoms with Crippen LogP contribution in [0.3, 0.4) is 0 Å². The molecule has 2 aliphatic rings. The summed E-state index contributed by atoms with van der Waals surface area (Å²) in [5, 5.41) is 3.47. The normalized spacial score (nSPS) is 15.2. The SMILES string of the molecule is COc1cc(OC)c(Cl)c(N2Cc3cnc(Nc4ccc(N5CCOCC5)cn4)nc3N(C(C)c3cccc(CC(=O)/C=C/CN(C)C)c3)C2=O)c1. The first-order valence-corrected chi connectivity index (χ1v) is 17.4. The minimum absolute atomic E-state index is 0.00567. The number of carbonyl (C=O) groups is 2. The summed E-state index contributed by atoms with van der Waals surface area (Å²) in [6.45, 7) is 5.73. The largest absolute Gasteiger partial charge is 0.497 e. The van der Waals surface area contributed by atoms with Crippen molar-refractivity contribution in [2.75, 3.05) is 81.2 Å². The summed E-state index contributed by atoms with van der Waals surface area (Å²) in [5.74, 6) is 2.13. The number of rotatable bonds is 13. The number of methoxy groups -OCH3 is 2. The molecule has 0 radical (unpaired) electrons. The zero-order chi connectivity index (χ0) is 36.8. The minimum Gasteiger partial charge on any atom is -0.497 e. The van der Waals surface area contributed by atoms with Crippen LogP contribution in [0.5, 0.6) is 11.5 Å². The molecule has 2 aliphatic heterocycles. The van der Waals surface area contributed by atoms with E-state index >= 15 is 0 Å². The van der Waals surface area contributed by atoms with Crippen LogP contribution in [0.2, 0.25) is 5.02 Å². The average molecular weight is 727 g/mol. The molecule has 2 amide bonds. The van der Waals surface area contributed by atoms with E-state index in [4.69, 9.17) is 30.8 Å². The van der Waals surface area contributed by atoms with Gasteiger partial charge >= 0.3 is 6.03 Å². The zero-order valence-corrected chi connectivity index (χ0v) is 30.8. The van der Waals surface area contributed by atoms with E-state index in [1.54, 1.807) is 34.2 Å². The maximum absolute atomic E-state index is 14.7. The van der Waals surface area contributed by atoms with Crippen molar-refractivity contribution >= 4 is 52.4 Å². The quantitative estimate of drug-likeness (QED) is 0.162. The first kappa shape index (κ1) is 36.5. The number of ketones is 1. The molecule has 4 aromatic rings. The van der Waals surface area contributed by atoms with Crippen molar-refractivity contribution in [2.45, 2.75) is 25.9 Å². The molecule has 4 heterocycles. The molecule has 0 bridgehead atoms. The summed E-state index contributed by atoms with van der Waals surface area (Å²) in [5.41, 5.74) is 3.78. The molecule has 272 valence electrons. The van der Waals surface area contributed by atoms with Crippen molar-refractivity contribution in [3.8, 4) is 11.5 Å².